The predicted molar refractivity (Wildman–Crippen MR) is 124 cm³/mol. The largest absolute Gasteiger partial charge is 0.504 e. The van der Waals surface area contributed by atoms with Gasteiger partial charge in [0.1, 0.15) is 11.9 Å². The number of carbonyl (C=O) groups excluding carboxylic acids is 1. The fourth-order valence-electron chi connectivity index (χ4n) is 3.11. The van der Waals surface area contributed by atoms with Crippen LogP contribution in [0.3, 0.4) is 0 Å². The molecule has 3 aromatic carbocycles. The first-order chi connectivity index (χ1) is 15.5. The normalized spacial score (nSPS) is 12.5. The maximum Gasteiger partial charge on any atom is 0.412 e. The molecule has 3 rings (SSSR count). The van der Waals surface area contributed by atoms with E-state index in [-0.39, 0.29) is 24.5 Å². The number of ether oxygens (including phenoxy) is 3. The number of hydrogen-bond donors (Lipinski definition) is 3. The molecule has 0 unspecified atom stereocenters. The van der Waals surface area contributed by atoms with Crippen molar-refractivity contribution >= 4 is 27.7 Å². The number of aliphatic hydroxyl groups is 1. The van der Waals surface area contributed by atoms with Crippen LogP contribution in [0.2, 0.25) is 0 Å². The minimum absolute atomic E-state index is 0.102. The predicted octanol–water partition coefficient (Wildman–Crippen LogP) is 5.28. The number of hydrogen-bond acceptors (Lipinski definition) is 6. The van der Waals surface area contributed by atoms with Crippen molar-refractivity contribution < 1.29 is 29.2 Å². The number of anilines is 1. The minimum atomic E-state index is -0.922. The minimum Gasteiger partial charge on any atom is -0.504 e. The van der Waals surface area contributed by atoms with Crippen LogP contribution in [0.5, 0.6) is 17.2 Å². The Balaban J connectivity index is 1.88. The van der Waals surface area contributed by atoms with Crippen LogP contribution in [-0.4, -0.2) is 36.1 Å². The van der Waals surface area contributed by atoms with Crippen LogP contribution in [0.4, 0.5) is 10.5 Å². The van der Waals surface area contributed by atoms with E-state index in [2.05, 4.69) is 21.2 Å². The van der Waals surface area contributed by atoms with Gasteiger partial charge in [0.2, 0.25) is 0 Å². The highest BCUT2D eigenvalue weighted by Gasteiger charge is 2.30. The number of phenolic OH excluding ortho intramolecular Hbond substituents is 1. The summed E-state index contributed by atoms with van der Waals surface area (Å²) < 4.78 is 17.8. The standard InChI is InChI=1S/C24H24BrNO6/c1-30-21-12-7-16(15-20(21)28)23(22(13-14-27)31-19-5-3-2-4-6-19)32-24(29)26-18-10-8-17(25)9-11-18/h2-12,15,22-23,27-28H,13-14H2,1H3,(H,26,29)/t22-,23-/m1/s1. The number of methoxy groups -OCH3 is 1. The zero-order valence-corrected chi connectivity index (χ0v) is 19.0. The zero-order valence-electron chi connectivity index (χ0n) is 17.4. The van der Waals surface area contributed by atoms with Gasteiger partial charge >= 0.3 is 6.09 Å². The molecule has 7 nitrogen and oxygen atoms in total. The molecule has 0 radical (unpaired) electrons. The molecule has 0 aliphatic heterocycles. The molecule has 0 heterocycles. The van der Waals surface area contributed by atoms with E-state index in [4.69, 9.17) is 14.2 Å². The molecule has 32 heavy (non-hydrogen) atoms. The van der Waals surface area contributed by atoms with Crippen molar-refractivity contribution in [3.05, 3.63) is 82.8 Å². The first-order valence-electron chi connectivity index (χ1n) is 9.93. The van der Waals surface area contributed by atoms with Crippen molar-refractivity contribution in [3.8, 4) is 17.2 Å². The summed E-state index contributed by atoms with van der Waals surface area (Å²) in [7, 11) is 1.45. The van der Waals surface area contributed by atoms with E-state index in [9.17, 15) is 15.0 Å². The van der Waals surface area contributed by atoms with E-state index in [0.29, 0.717) is 17.0 Å². The molecule has 0 fully saturated rings. The molecule has 0 bridgehead atoms. The summed E-state index contributed by atoms with van der Waals surface area (Å²) in [5, 5.41) is 22.6. The number of amides is 1. The molecule has 0 saturated carbocycles. The van der Waals surface area contributed by atoms with E-state index < -0.39 is 18.3 Å². The van der Waals surface area contributed by atoms with Crippen LogP contribution in [0.1, 0.15) is 18.1 Å². The SMILES string of the molecule is COc1ccc([C@@H](OC(=O)Nc2ccc(Br)cc2)[C@@H](CCO)Oc2ccccc2)cc1O. The van der Waals surface area contributed by atoms with Gasteiger partial charge in [-0.3, -0.25) is 5.32 Å². The molecule has 0 aromatic heterocycles. The topological polar surface area (TPSA) is 97.3 Å². The van der Waals surface area contributed by atoms with Gasteiger partial charge in [0, 0.05) is 28.8 Å². The molecule has 1 amide bonds. The van der Waals surface area contributed by atoms with E-state index >= 15 is 0 Å². The Morgan fingerprint density at radius 3 is 2.41 bits per heavy atom. The van der Waals surface area contributed by atoms with Gasteiger partial charge in [-0.05, 0) is 48.5 Å². The molecular weight excluding hydrogens is 478 g/mol. The van der Waals surface area contributed by atoms with Gasteiger partial charge in [0.25, 0.3) is 0 Å². The number of nitrogens with one attached hydrogen (secondary N) is 1. The molecule has 0 spiro atoms. The number of para-hydroxylation sites is 1. The van der Waals surface area contributed by atoms with Crippen molar-refractivity contribution in [2.75, 3.05) is 19.0 Å². The third-order valence-electron chi connectivity index (χ3n) is 4.64. The Labute approximate surface area is 194 Å². The Morgan fingerprint density at radius 1 is 1.06 bits per heavy atom. The van der Waals surface area contributed by atoms with Crippen LogP contribution in [0.15, 0.2) is 77.3 Å². The molecule has 0 aliphatic rings. The highest BCUT2D eigenvalue weighted by atomic mass is 79.9. The fraction of sp³-hybridized carbons (Fsp3) is 0.208. The van der Waals surface area contributed by atoms with Crippen molar-refractivity contribution in [2.24, 2.45) is 0 Å². The number of aromatic hydroxyl groups is 1. The van der Waals surface area contributed by atoms with Crippen molar-refractivity contribution in [1.82, 2.24) is 0 Å². The first-order valence-corrected chi connectivity index (χ1v) is 10.7. The number of phenols is 1. The lowest BCUT2D eigenvalue weighted by atomic mass is 10.0. The zero-order chi connectivity index (χ0) is 22.9. The maximum absolute atomic E-state index is 12.7. The van der Waals surface area contributed by atoms with Gasteiger partial charge in [-0.1, -0.05) is 40.2 Å². The van der Waals surface area contributed by atoms with Gasteiger partial charge in [0.15, 0.2) is 17.6 Å². The van der Waals surface area contributed by atoms with Gasteiger partial charge in [-0.25, -0.2) is 4.79 Å². The summed E-state index contributed by atoms with van der Waals surface area (Å²) in [6.07, 6.45) is -2.15. The van der Waals surface area contributed by atoms with Crippen LogP contribution < -0.4 is 14.8 Å². The van der Waals surface area contributed by atoms with Gasteiger partial charge < -0.3 is 24.4 Å². The third-order valence-corrected chi connectivity index (χ3v) is 5.17. The fourth-order valence-corrected chi connectivity index (χ4v) is 3.38. The van der Waals surface area contributed by atoms with Crippen molar-refractivity contribution in [3.63, 3.8) is 0 Å². The number of halogens is 1. The van der Waals surface area contributed by atoms with Crippen LogP contribution in [-0.2, 0) is 4.74 Å². The molecule has 3 N–H and O–H groups in total. The average Bonchev–Trinajstić information content (AvgIpc) is 2.79. The summed E-state index contributed by atoms with van der Waals surface area (Å²) in [6.45, 7) is -0.187. The quantitative estimate of drug-likeness (QED) is 0.368. The highest BCUT2D eigenvalue weighted by Crippen LogP contribution is 2.34. The van der Waals surface area contributed by atoms with Crippen molar-refractivity contribution in [1.29, 1.82) is 0 Å². The molecule has 2 atom stereocenters. The van der Waals surface area contributed by atoms with Gasteiger partial charge in [-0.15, -0.1) is 0 Å². The second-order valence-electron chi connectivity index (χ2n) is 6.87. The van der Waals surface area contributed by atoms with E-state index in [0.717, 1.165) is 4.47 Å². The Morgan fingerprint density at radius 2 is 1.78 bits per heavy atom. The van der Waals surface area contributed by atoms with Crippen molar-refractivity contribution in [2.45, 2.75) is 18.6 Å². The van der Waals surface area contributed by atoms with Crippen LogP contribution >= 0.6 is 15.9 Å². The molecule has 0 saturated heterocycles. The summed E-state index contributed by atoms with van der Waals surface area (Å²) in [6, 6.07) is 20.8. The Bertz CT molecular complexity index is 1010. The lowest BCUT2D eigenvalue weighted by molar-refractivity contribution is 0.00897. The molecular formula is C24H24BrNO6. The van der Waals surface area contributed by atoms with E-state index in [1.54, 1.807) is 48.5 Å². The van der Waals surface area contributed by atoms with Gasteiger partial charge in [0.05, 0.1) is 7.11 Å². The highest BCUT2D eigenvalue weighted by molar-refractivity contribution is 9.10. The smallest absolute Gasteiger partial charge is 0.412 e. The van der Waals surface area contributed by atoms with Gasteiger partial charge in [-0.2, -0.15) is 0 Å². The average molecular weight is 502 g/mol. The lowest BCUT2D eigenvalue weighted by Crippen LogP contribution is -2.31. The number of aliphatic hydroxyl groups excluding tert-OH is 1. The summed E-state index contributed by atoms with van der Waals surface area (Å²) in [4.78, 5) is 12.7. The molecule has 0 aliphatic carbocycles. The molecule has 3 aromatic rings. The summed E-state index contributed by atoms with van der Waals surface area (Å²) in [5.41, 5.74) is 1.04. The maximum atomic E-state index is 12.7. The lowest BCUT2D eigenvalue weighted by Gasteiger charge is -2.28. The van der Waals surface area contributed by atoms with E-state index in [1.807, 2.05) is 18.2 Å². The third kappa shape index (κ3) is 6.38. The first kappa shape index (κ1) is 23.4. The molecule has 168 valence electrons. The summed E-state index contributed by atoms with van der Waals surface area (Å²) >= 11 is 3.35. The monoisotopic (exact) mass is 501 g/mol. The Hall–Kier alpha value is -3.23. The number of carbonyl (C=O) groups is 1. The Kier molecular flexibility index (Phi) is 8.35. The second-order valence-corrected chi connectivity index (χ2v) is 7.79. The number of benzene rings is 3. The van der Waals surface area contributed by atoms with Crippen LogP contribution in [0, 0.1) is 0 Å². The van der Waals surface area contributed by atoms with E-state index in [1.165, 1.54) is 13.2 Å². The summed E-state index contributed by atoms with van der Waals surface area (Å²) in [5.74, 6) is 0.745. The second kappa shape index (κ2) is 11.4. The molecule has 8 heteroatoms. The number of rotatable bonds is 9. The van der Waals surface area contributed by atoms with Crippen LogP contribution in [0.25, 0.3) is 0 Å².